The standard InChI is InChI=1S/C23H36O6/c1-4-14(2)23(28)29-21-13-19(27)11-16-6-5-15(3)20(22(16)21)8-7-17(25)12-18(26)9-10-24/h5-6,10-11,14-15,17-22,25-27H,4,7-9,12-13H2,1-3H3/t14-,15-,17+,18-,19+,20-,21-,22-/m0/s1. The van der Waals surface area contributed by atoms with Crippen molar-refractivity contribution in [3.63, 3.8) is 0 Å². The first-order chi connectivity index (χ1) is 13.8. The molecular weight excluding hydrogens is 372 g/mol. The van der Waals surface area contributed by atoms with Crippen LogP contribution in [0.3, 0.4) is 0 Å². The second-order valence-electron chi connectivity index (χ2n) is 8.69. The van der Waals surface area contributed by atoms with E-state index in [-0.39, 0.29) is 48.6 Å². The highest BCUT2D eigenvalue weighted by Gasteiger charge is 2.42. The number of esters is 1. The Morgan fingerprint density at radius 1 is 1.34 bits per heavy atom. The number of aliphatic hydroxyl groups is 3. The van der Waals surface area contributed by atoms with Crippen LogP contribution < -0.4 is 0 Å². The molecule has 6 heteroatoms. The Bertz CT molecular complexity index is 612. The Labute approximate surface area is 173 Å². The van der Waals surface area contributed by atoms with Crippen molar-refractivity contribution >= 4 is 12.3 Å². The number of carbonyl (C=O) groups excluding carboxylic acids is 2. The molecule has 0 aliphatic heterocycles. The van der Waals surface area contributed by atoms with Gasteiger partial charge in [-0.25, -0.2) is 0 Å². The normalized spacial score (nSPS) is 31.9. The number of aldehydes is 1. The maximum atomic E-state index is 12.4. The molecule has 0 saturated heterocycles. The van der Waals surface area contributed by atoms with Crippen LogP contribution in [0.2, 0.25) is 0 Å². The Kier molecular flexibility index (Phi) is 9.05. The van der Waals surface area contributed by atoms with Crippen molar-refractivity contribution in [2.45, 2.75) is 83.7 Å². The summed E-state index contributed by atoms with van der Waals surface area (Å²) in [7, 11) is 0. The van der Waals surface area contributed by atoms with Crippen LogP contribution >= 0.6 is 0 Å². The number of allylic oxidation sites excluding steroid dienone is 2. The van der Waals surface area contributed by atoms with Crippen molar-refractivity contribution in [1.29, 1.82) is 0 Å². The molecule has 164 valence electrons. The molecule has 29 heavy (non-hydrogen) atoms. The molecule has 6 nitrogen and oxygen atoms in total. The SMILES string of the molecule is CC[C@H](C)C(=O)O[C@H]1C[C@H](O)C=C2C=C[C@H](C)[C@H](CC[C@@H](O)C[C@@H](O)CC=O)[C@H]21. The summed E-state index contributed by atoms with van der Waals surface area (Å²) in [5.74, 6) is -0.0318. The van der Waals surface area contributed by atoms with E-state index in [9.17, 15) is 24.9 Å². The van der Waals surface area contributed by atoms with E-state index in [0.29, 0.717) is 32.0 Å². The van der Waals surface area contributed by atoms with Crippen molar-refractivity contribution in [3.05, 3.63) is 23.8 Å². The van der Waals surface area contributed by atoms with E-state index in [0.717, 1.165) is 5.57 Å². The van der Waals surface area contributed by atoms with Gasteiger partial charge in [-0.1, -0.05) is 39.0 Å². The van der Waals surface area contributed by atoms with Gasteiger partial charge in [0.05, 0.1) is 24.2 Å². The summed E-state index contributed by atoms with van der Waals surface area (Å²) in [5, 5.41) is 30.3. The number of hydrogen-bond acceptors (Lipinski definition) is 6. The van der Waals surface area contributed by atoms with Crippen LogP contribution in [0.4, 0.5) is 0 Å². The minimum absolute atomic E-state index is 0.0153. The summed E-state index contributed by atoms with van der Waals surface area (Å²) in [4.78, 5) is 22.9. The van der Waals surface area contributed by atoms with Crippen LogP contribution in [0.1, 0.15) is 59.3 Å². The van der Waals surface area contributed by atoms with Gasteiger partial charge in [0.15, 0.2) is 0 Å². The Hall–Kier alpha value is -1.50. The van der Waals surface area contributed by atoms with Crippen molar-refractivity contribution in [1.82, 2.24) is 0 Å². The smallest absolute Gasteiger partial charge is 0.308 e. The lowest BCUT2D eigenvalue weighted by Gasteiger charge is -2.43. The lowest BCUT2D eigenvalue weighted by Crippen LogP contribution is -2.43. The van der Waals surface area contributed by atoms with E-state index in [2.05, 4.69) is 13.0 Å². The minimum atomic E-state index is -0.823. The van der Waals surface area contributed by atoms with Gasteiger partial charge >= 0.3 is 5.97 Å². The van der Waals surface area contributed by atoms with Gasteiger partial charge in [-0.3, -0.25) is 4.79 Å². The van der Waals surface area contributed by atoms with Crippen LogP contribution in [0.5, 0.6) is 0 Å². The van der Waals surface area contributed by atoms with E-state index < -0.39 is 18.3 Å². The van der Waals surface area contributed by atoms with Gasteiger partial charge in [0.25, 0.3) is 0 Å². The van der Waals surface area contributed by atoms with Gasteiger partial charge in [0.1, 0.15) is 12.4 Å². The fourth-order valence-electron chi connectivity index (χ4n) is 4.44. The maximum Gasteiger partial charge on any atom is 0.308 e. The largest absolute Gasteiger partial charge is 0.461 e. The van der Waals surface area contributed by atoms with Crippen LogP contribution in [0.25, 0.3) is 0 Å². The van der Waals surface area contributed by atoms with Crippen molar-refractivity contribution in [2.24, 2.45) is 23.7 Å². The predicted molar refractivity (Wildman–Crippen MR) is 110 cm³/mol. The van der Waals surface area contributed by atoms with Crippen molar-refractivity contribution in [3.8, 4) is 0 Å². The van der Waals surface area contributed by atoms with Gasteiger partial charge in [0.2, 0.25) is 0 Å². The second-order valence-corrected chi connectivity index (χ2v) is 8.69. The molecule has 2 rings (SSSR count). The highest BCUT2D eigenvalue weighted by molar-refractivity contribution is 5.72. The number of carbonyl (C=O) groups is 2. The molecular formula is C23H36O6. The second kappa shape index (κ2) is 11.0. The molecule has 3 N–H and O–H groups in total. The summed E-state index contributed by atoms with van der Waals surface area (Å²) in [6.45, 7) is 5.91. The number of ether oxygens (including phenoxy) is 1. The third kappa shape index (κ3) is 6.49. The summed E-state index contributed by atoms with van der Waals surface area (Å²) >= 11 is 0. The van der Waals surface area contributed by atoms with E-state index in [1.54, 1.807) is 0 Å². The minimum Gasteiger partial charge on any atom is -0.461 e. The van der Waals surface area contributed by atoms with E-state index in [1.165, 1.54) is 0 Å². The molecule has 0 saturated carbocycles. The Morgan fingerprint density at radius 2 is 2.07 bits per heavy atom. The van der Waals surface area contributed by atoms with E-state index in [1.807, 2.05) is 26.0 Å². The zero-order valence-corrected chi connectivity index (χ0v) is 17.7. The molecule has 0 spiro atoms. The molecule has 0 heterocycles. The average molecular weight is 409 g/mol. The summed E-state index contributed by atoms with van der Waals surface area (Å²) < 4.78 is 5.85. The number of aliphatic hydroxyl groups excluding tert-OH is 3. The zero-order chi connectivity index (χ0) is 21.6. The molecule has 0 amide bonds. The average Bonchev–Trinajstić information content (AvgIpc) is 2.66. The van der Waals surface area contributed by atoms with Crippen LogP contribution in [0, 0.1) is 23.7 Å². The van der Waals surface area contributed by atoms with Crippen LogP contribution in [-0.2, 0) is 14.3 Å². The van der Waals surface area contributed by atoms with Gasteiger partial charge < -0.3 is 24.9 Å². The zero-order valence-electron chi connectivity index (χ0n) is 17.7. The Morgan fingerprint density at radius 3 is 2.72 bits per heavy atom. The van der Waals surface area contributed by atoms with Gasteiger partial charge in [-0.15, -0.1) is 0 Å². The lowest BCUT2D eigenvalue weighted by atomic mass is 9.66. The number of rotatable bonds is 10. The third-order valence-electron chi connectivity index (χ3n) is 6.40. The molecule has 2 aliphatic rings. The molecule has 0 aromatic rings. The molecule has 0 radical (unpaired) electrons. The van der Waals surface area contributed by atoms with Crippen LogP contribution in [0.15, 0.2) is 23.8 Å². The predicted octanol–water partition coefficient (Wildman–Crippen LogP) is 2.55. The van der Waals surface area contributed by atoms with E-state index >= 15 is 0 Å². The summed E-state index contributed by atoms with van der Waals surface area (Å²) in [5.41, 5.74) is 0.990. The van der Waals surface area contributed by atoms with E-state index in [4.69, 9.17) is 4.74 Å². The number of fused-ring (bicyclic) bond motifs is 1. The monoisotopic (exact) mass is 408 g/mol. The summed E-state index contributed by atoms with van der Waals surface area (Å²) in [6.07, 6.45) is 6.58. The molecule has 0 unspecified atom stereocenters. The quantitative estimate of drug-likeness (QED) is 0.379. The van der Waals surface area contributed by atoms with Gasteiger partial charge in [-0.2, -0.15) is 0 Å². The topological polar surface area (TPSA) is 104 Å². The molecule has 2 aliphatic carbocycles. The lowest BCUT2D eigenvalue weighted by molar-refractivity contribution is -0.159. The van der Waals surface area contributed by atoms with Gasteiger partial charge in [-0.05, 0) is 43.1 Å². The third-order valence-corrected chi connectivity index (χ3v) is 6.40. The molecule has 0 bridgehead atoms. The summed E-state index contributed by atoms with van der Waals surface area (Å²) in [6, 6.07) is 0. The first-order valence-corrected chi connectivity index (χ1v) is 10.8. The fraction of sp³-hybridized carbons (Fsp3) is 0.739. The van der Waals surface area contributed by atoms with Gasteiger partial charge in [0, 0.05) is 18.8 Å². The maximum absolute atomic E-state index is 12.4. The first kappa shape index (κ1) is 23.8. The first-order valence-electron chi connectivity index (χ1n) is 10.8. The number of hydrogen-bond donors (Lipinski definition) is 3. The highest BCUT2D eigenvalue weighted by atomic mass is 16.5. The fourth-order valence-corrected chi connectivity index (χ4v) is 4.44. The highest BCUT2D eigenvalue weighted by Crippen LogP contribution is 2.44. The Balaban J connectivity index is 2.11. The van der Waals surface area contributed by atoms with Crippen LogP contribution in [-0.4, -0.2) is 52.0 Å². The molecule has 0 aromatic heterocycles. The molecule has 8 atom stereocenters. The van der Waals surface area contributed by atoms with Crippen molar-refractivity contribution in [2.75, 3.05) is 0 Å². The molecule has 0 fully saturated rings. The van der Waals surface area contributed by atoms with Crippen molar-refractivity contribution < 1.29 is 29.6 Å². The molecule has 0 aromatic carbocycles.